The van der Waals surface area contributed by atoms with E-state index in [0.29, 0.717) is 31.6 Å². The lowest BCUT2D eigenvalue weighted by atomic mass is 10.1. The number of amides is 1. The quantitative estimate of drug-likeness (QED) is 0.924. The molecule has 3 rings (SSSR count). The highest BCUT2D eigenvalue weighted by Crippen LogP contribution is 2.28. The van der Waals surface area contributed by atoms with Gasteiger partial charge in [0.25, 0.3) is 0 Å². The summed E-state index contributed by atoms with van der Waals surface area (Å²) in [5, 5.41) is 8.94. The van der Waals surface area contributed by atoms with Gasteiger partial charge in [0.05, 0.1) is 6.33 Å². The lowest BCUT2D eigenvalue weighted by Gasteiger charge is -2.30. The summed E-state index contributed by atoms with van der Waals surface area (Å²) in [6.45, 7) is 0.858. The van der Waals surface area contributed by atoms with Gasteiger partial charge in [-0.1, -0.05) is 30.3 Å². The molecule has 0 bridgehead atoms. The maximum absolute atomic E-state index is 14.5. The summed E-state index contributed by atoms with van der Waals surface area (Å²) >= 11 is 0. The van der Waals surface area contributed by atoms with E-state index < -0.39 is 6.09 Å². The number of carboxylic acid groups (broad SMARTS) is 1. The van der Waals surface area contributed by atoms with E-state index in [1.54, 1.807) is 0 Å². The molecule has 1 amide bonds. The van der Waals surface area contributed by atoms with Gasteiger partial charge in [-0.25, -0.2) is 9.78 Å². The van der Waals surface area contributed by atoms with Crippen molar-refractivity contribution in [3.05, 3.63) is 42.6 Å². The van der Waals surface area contributed by atoms with Crippen LogP contribution in [0.15, 0.2) is 36.7 Å². The fourth-order valence-electron chi connectivity index (χ4n) is 2.73. The van der Waals surface area contributed by atoms with Gasteiger partial charge in [-0.05, 0) is 12.8 Å². The molecule has 1 fully saturated rings. The molecule has 1 aromatic heterocycles. The molecule has 0 aliphatic carbocycles. The number of carbonyl (C=O) groups is 1. The van der Waals surface area contributed by atoms with Crippen molar-refractivity contribution in [3.63, 3.8) is 0 Å². The first kappa shape index (κ1) is 13.6. The van der Waals surface area contributed by atoms with Crippen LogP contribution in [0.25, 0.3) is 11.3 Å². The molecule has 1 aliphatic rings. The van der Waals surface area contributed by atoms with Crippen LogP contribution in [0.4, 0.5) is 9.18 Å². The summed E-state index contributed by atoms with van der Waals surface area (Å²) in [6.07, 6.45) is 1.81. The van der Waals surface area contributed by atoms with E-state index in [1.807, 2.05) is 30.3 Å². The van der Waals surface area contributed by atoms with Gasteiger partial charge in [-0.2, -0.15) is 4.39 Å². The van der Waals surface area contributed by atoms with Gasteiger partial charge in [-0.3, -0.25) is 0 Å². The van der Waals surface area contributed by atoms with Crippen LogP contribution in [0, 0.1) is 5.95 Å². The van der Waals surface area contributed by atoms with Crippen molar-refractivity contribution in [2.24, 2.45) is 0 Å². The van der Waals surface area contributed by atoms with Crippen LogP contribution in [0.3, 0.4) is 0 Å². The molecule has 1 saturated heterocycles. The molecule has 0 saturated carbocycles. The number of aromatic nitrogens is 2. The van der Waals surface area contributed by atoms with E-state index in [2.05, 4.69) is 4.98 Å². The SMILES string of the molecule is O=C(O)N1CCC(n2cnc(-c3ccccc3)c2F)CC1. The molecule has 6 heteroatoms. The van der Waals surface area contributed by atoms with Crippen molar-refractivity contribution >= 4 is 6.09 Å². The summed E-state index contributed by atoms with van der Waals surface area (Å²) in [6, 6.07) is 9.18. The zero-order chi connectivity index (χ0) is 14.8. The normalized spacial score (nSPS) is 16.1. The Labute approximate surface area is 121 Å². The molecule has 2 aromatic rings. The van der Waals surface area contributed by atoms with Crippen LogP contribution in [0.5, 0.6) is 0 Å². The Morgan fingerprint density at radius 1 is 1.24 bits per heavy atom. The molecule has 0 atom stereocenters. The molecule has 1 aromatic carbocycles. The Morgan fingerprint density at radius 2 is 1.90 bits per heavy atom. The first-order valence-electron chi connectivity index (χ1n) is 6.92. The van der Waals surface area contributed by atoms with Crippen molar-refractivity contribution in [2.75, 3.05) is 13.1 Å². The molecular weight excluding hydrogens is 273 g/mol. The van der Waals surface area contributed by atoms with Gasteiger partial charge in [0.2, 0.25) is 5.95 Å². The monoisotopic (exact) mass is 289 g/mol. The van der Waals surface area contributed by atoms with Crippen LogP contribution in [-0.2, 0) is 0 Å². The van der Waals surface area contributed by atoms with Gasteiger partial charge in [-0.15, -0.1) is 0 Å². The lowest BCUT2D eigenvalue weighted by molar-refractivity contribution is 0.124. The Bertz CT molecular complexity index is 634. The molecule has 1 N–H and O–H groups in total. The van der Waals surface area contributed by atoms with Crippen molar-refractivity contribution < 1.29 is 14.3 Å². The van der Waals surface area contributed by atoms with Crippen molar-refractivity contribution in [1.82, 2.24) is 14.5 Å². The third kappa shape index (κ3) is 2.61. The molecule has 5 nitrogen and oxygen atoms in total. The van der Waals surface area contributed by atoms with Gasteiger partial charge in [0, 0.05) is 24.7 Å². The van der Waals surface area contributed by atoms with Gasteiger partial charge >= 0.3 is 6.09 Å². The van der Waals surface area contributed by atoms with E-state index in [0.717, 1.165) is 5.56 Å². The molecule has 0 spiro atoms. The highest BCUT2D eigenvalue weighted by atomic mass is 19.1. The van der Waals surface area contributed by atoms with Crippen LogP contribution >= 0.6 is 0 Å². The third-order valence-electron chi connectivity index (χ3n) is 3.91. The first-order chi connectivity index (χ1) is 10.2. The number of piperidine rings is 1. The lowest BCUT2D eigenvalue weighted by Crippen LogP contribution is -2.38. The maximum atomic E-state index is 14.5. The fourth-order valence-corrected chi connectivity index (χ4v) is 2.73. The molecule has 110 valence electrons. The molecule has 0 unspecified atom stereocenters. The zero-order valence-electron chi connectivity index (χ0n) is 11.4. The van der Waals surface area contributed by atoms with E-state index in [1.165, 1.54) is 15.8 Å². The first-order valence-corrected chi connectivity index (χ1v) is 6.92. The average molecular weight is 289 g/mol. The zero-order valence-corrected chi connectivity index (χ0v) is 11.4. The van der Waals surface area contributed by atoms with E-state index in [-0.39, 0.29) is 12.0 Å². The van der Waals surface area contributed by atoms with Crippen molar-refractivity contribution in [2.45, 2.75) is 18.9 Å². The standard InChI is InChI=1S/C15H16FN3O2/c16-14-13(11-4-2-1-3-5-11)17-10-19(14)12-6-8-18(9-7-12)15(20)21/h1-5,10,12H,6-9H2,(H,20,21). The number of imidazole rings is 1. The fraction of sp³-hybridized carbons (Fsp3) is 0.333. The van der Waals surface area contributed by atoms with Crippen molar-refractivity contribution in [1.29, 1.82) is 0 Å². The number of halogens is 1. The number of likely N-dealkylation sites (tertiary alicyclic amines) is 1. The molecular formula is C15H16FN3O2. The van der Waals surface area contributed by atoms with Gasteiger partial charge < -0.3 is 14.6 Å². The number of hydrogen-bond acceptors (Lipinski definition) is 2. The van der Waals surface area contributed by atoms with Crippen LogP contribution < -0.4 is 0 Å². The Balaban J connectivity index is 1.79. The second-order valence-corrected chi connectivity index (χ2v) is 5.16. The molecule has 1 aliphatic heterocycles. The minimum atomic E-state index is -0.912. The Hall–Kier alpha value is -2.37. The average Bonchev–Trinajstić information content (AvgIpc) is 2.90. The molecule has 2 heterocycles. The summed E-state index contributed by atoms with van der Waals surface area (Å²) in [4.78, 5) is 16.4. The predicted molar refractivity (Wildman–Crippen MR) is 75.5 cm³/mol. The second-order valence-electron chi connectivity index (χ2n) is 5.16. The molecule has 21 heavy (non-hydrogen) atoms. The van der Waals surface area contributed by atoms with E-state index >= 15 is 0 Å². The van der Waals surface area contributed by atoms with Gasteiger partial charge in [0.15, 0.2) is 0 Å². The highest BCUT2D eigenvalue weighted by Gasteiger charge is 2.26. The molecule has 0 radical (unpaired) electrons. The summed E-state index contributed by atoms with van der Waals surface area (Å²) in [5.74, 6) is -0.352. The van der Waals surface area contributed by atoms with E-state index in [4.69, 9.17) is 5.11 Å². The highest BCUT2D eigenvalue weighted by molar-refractivity contribution is 5.65. The minimum Gasteiger partial charge on any atom is -0.465 e. The van der Waals surface area contributed by atoms with Crippen LogP contribution in [0.1, 0.15) is 18.9 Å². The maximum Gasteiger partial charge on any atom is 0.407 e. The van der Waals surface area contributed by atoms with Crippen molar-refractivity contribution in [3.8, 4) is 11.3 Å². The minimum absolute atomic E-state index is 0.0365. The van der Waals surface area contributed by atoms with Crippen LogP contribution in [0.2, 0.25) is 0 Å². The smallest absolute Gasteiger partial charge is 0.407 e. The summed E-state index contributed by atoms with van der Waals surface area (Å²) in [5.41, 5.74) is 1.09. The van der Waals surface area contributed by atoms with Gasteiger partial charge in [0.1, 0.15) is 5.69 Å². The number of hydrogen-bond donors (Lipinski definition) is 1. The van der Waals surface area contributed by atoms with Crippen LogP contribution in [-0.4, -0.2) is 38.7 Å². The summed E-state index contributed by atoms with van der Waals surface area (Å²) < 4.78 is 16.1. The predicted octanol–water partition coefficient (Wildman–Crippen LogP) is 3.00. The van der Waals surface area contributed by atoms with E-state index in [9.17, 15) is 9.18 Å². The largest absolute Gasteiger partial charge is 0.465 e. The second kappa shape index (κ2) is 5.55. The summed E-state index contributed by atoms with van der Waals surface area (Å²) in [7, 11) is 0. The number of rotatable bonds is 2. The Kier molecular flexibility index (Phi) is 3.60. The number of nitrogens with zero attached hydrogens (tertiary/aromatic N) is 3. The number of benzene rings is 1. The Morgan fingerprint density at radius 3 is 2.52 bits per heavy atom. The topological polar surface area (TPSA) is 58.4 Å². The third-order valence-corrected chi connectivity index (χ3v) is 3.91.